The fourth-order valence-corrected chi connectivity index (χ4v) is 3.16. The molecule has 138 valence electrons. The lowest BCUT2D eigenvalue weighted by atomic mass is 10.2. The lowest BCUT2D eigenvalue weighted by Crippen LogP contribution is -2.38. The average Bonchev–Trinajstić information content (AvgIpc) is 3.24. The number of amides is 1. The highest BCUT2D eigenvalue weighted by Crippen LogP contribution is 2.19. The molecule has 4 aromatic rings. The summed E-state index contributed by atoms with van der Waals surface area (Å²) in [6, 6.07) is 8.61. The van der Waals surface area contributed by atoms with Crippen LogP contribution in [0.3, 0.4) is 0 Å². The van der Waals surface area contributed by atoms with Crippen LogP contribution >= 0.6 is 0 Å². The van der Waals surface area contributed by atoms with Gasteiger partial charge in [0.1, 0.15) is 23.7 Å². The van der Waals surface area contributed by atoms with Gasteiger partial charge in [0.15, 0.2) is 5.58 Å². The molecule has 8 heteroatoms. The van der Waals surface area contributed by atoms with Crippen LogP contribution in [-0.4, -0.2) is 20.1 Å². The molecule has 0 radical (unpaired) electrons. The molecular weight excluding hydrogens is 351 g/mol. The molecule has 0 fully saturated rings. The van der Waals surface area contributed by atoms with Crippen LogP contribution in [0.2, 0.25) is 0 Å². The van der Waals surface area contributed by atoms with E-state index >= 15 is 0 Å². The number of carbonyl (C=O) groups is 1. The summed E-state index contributed by atoms with van der Waals surface area (Å²) in [5.41, 5.74) is 1.97. The molecule has 0 bridgehead atoms. The molecule has 3 heterocycles. The van der Waals surface area contributed by atoms with Crippen molar-refractivity contribution < 1.29 is 13.6 Å². The van der Waals surface area contributed by atoms with Gasteiger partial charge in [-0.15, -0.1) is 0 Å². The largest absolute Gasteiger partial charge is 0.463 e. The molecule has 3 aromatic heterocycles. The van der Waals surface area contributed by atoms with Gasteiger partial charge in [0.05, 0.1) is 11.8 Å². The highest BCUT2D eigenvalue weighted by Gasteiger charge is 2.22. The molecule has 1 aromatic carbocycles. The number of aromatic nitrogens is 3. The van der Waals surface area contributed by atoms with Crippen LogP contribution in [-0.2, 0) is 11.3 Å². The maximum absolute atomic E-state index is 13.3. The van der Waals surface area contributed by atoms with Crippen LogP contribution in [0.4, 0.5) is 4.39 Å². The Balaban J connectivity index is 1.62. The van der Waals surface area contributed by atoms with E-state index in [1.165, 1.54) is 29.4 Å². The van der Waals surface area contributed by atoms with E-state index in [-0.39, 0.29) is 23.8 Å². The van der Waals surface area contributed by atoms with Crippen molar-refractivity contribution in [1.29, 1.82) is 0 Å². The number of fused-ring (bicyclic) bond motifs is 3. The van der Waals surface area contributed by atoms with Crippen molar-refractivity contribution in [2.75, 3.05) is 0 Å². The monoisotopic (exact) mass is 368 g/mol. The topological polar surface area (TPSA) is 81.5 Å². The normalized spacial score (nSPS) is 12.5. The highest BCUT2D eigenvalue weighted by molar-refractivity contribution is 5.82. The first-order valence-electron chi connectivity index (χ1n) is 8.56. The fraction of sp³-hybridized carbons (Fsp3) is 0.211. The third-order valence-corrected chi connectivity index (χ3v) is 4.52. The Morgan fingerprint density at radius 3 is 2.93 bits per heavy atom. The Bertz CT molecular complexity index is 1190. The highest BCUT2D eigenvalue weighted by atomic mass is 19.1. The SMILES string of the molecule is CC[C@H](C(=O)NCc1cccc(F)c1)n1ncn2c(cc3occc32)c1=O. The Kier molecular flexibility index (Phi) is 4.23. The van der Waals surface area contributed by atoms with Crippen LogP contribution in [0, 0.1) is 5.82 Å². The fourth-order valence-electron chi connectivity index (χ4n) is 3.16. The summed E-state index contributed by atoms with van der Waals surface area (Å²) in [7, 11) is 0. The van der Waals surface area contributed by atoms with Gasteiger partial charge < -0.3 is 9.73 Å². The Labute approximate surface area is 153 Å². The molecule has 0 unspecified atom stereocenters. The van der Waals surface area contributed by atoms with Crippen molar-refractivity contribution in [3.8, 4) is 0 Å². The molecule has 0 saturated heterocycles. The summed E-state index contributed by atoms with van der Waals surface area (Å²) in [5, 5.41) is 6.92. The number of furan rings is 1. The molecule has 7 nitrogen and oxygen atoms in total. The molecular formula is C19H17FN4O3. The number of nitrogens with zero attached hydrogens (tertiary/aromatic N) is 3. The Morgan fingerprint density at radius 1 is 1.30 bits per heavy atom. The second-order valence-electron chi connectivity index (χ2n) is 6.22. The second kappa shape index (κ2) is 6.71. The summed E-state index contributed by atoms with van der Waals surface area (Å²) in [4.78, 5) is 25.4. The van der Waals surface area contributed by atoms with E-state index in [4.69, 9.17) is 4.42 Å². The van der Waals surface area contributed by atoms with Crippen molar-refractivity contribution >= 4 is 22.5 Å². The molecule has 1 amide bonds. The first-order valence-corrected chi connectivity index (χ1v) is 8.56. The lowest BCUT2D eigenvalue weighted by Gasteiger charge is -2.17. The second-order valence-corrected chi connectivity index (χ2v) is 6.22. The van der Waals surface area contributed by atoms with E-state index < -0.39 is 6.04 Å². The van der Waals surface area contributed by atoms with Gasteiger partial charge in [0, 0.05) is 18.7 Å². The summed E-state index contributed by atoms with van der Waals surface area (Å²) >= 11 is 0. The maximum atomic E-state index is 13.3. The summed E-state index contributed by atoms with van der Waals surface area (Å²) in [6.07, 6.45) is 3.42. The van der Waals surface area contributed by atoms with Crippen molar-refractivity contribution in [3.05, 3.63) is 70.7 Å². The quantitative estimate of drug-likeness (QED) is 0.587. The van der Waals surface area contributed by atoms with Crippen LogP contribution in [0.15, 0.2) is 58.2 Å². The van der Waals surface area contributed by atoms with Crippen LogP contribution in [0.5, 0.6) is 0 Å². The molecule has 1 atom stereocenters. The molecule has 0 aliphatic carbocycles. The smallest absolute Gasteiger partial charge is 0.291 e. The predicted octanol–water partition coefficient (Wildman–Crippen LogP) is 2.65. The van der Waals surface area contributed by atoms with Crippen molar-refractivity contribution in [2.45, 2.75) is 25.9 Å². The van der Waals surface area contributed by atoms with Gasteiger partial charge >= 0.3 is 0 Å². The van der Waals surface area contributed by atoms with Crippen LogP contribution in [0.1, 0.15) is 24.9 Å². The van der Waals surface area contributed by atoms with E-state index in [1.54, 1.807) is 35.6 Å². The zero-order chi connectivity index (χ0) is 19.0. The minimum absolute atomic E-state index is 0.169. The Morgan fingerprint density at radius 2 is 2.15 bits per heavy atom. The first kappa shape index (κ1) is 17.0. The minimum Gasteiger partial charge on any atom is -0.463 e. The average molecular weight is 368 g/mol. The number of hydrogen-bond acceptors (Lipinski definition) is 4. The van der Waals surface area contributed by atoms with Gasteiger partial charge in [-0.25, -0.2) is 9.07 Å². The van der Waals surface area contributed by atoms with Gasteiger partial charge in [-0.05, 0) is 24.1 Å². The number of rotatable bonds is 5. The number of hydrogen-bond donors (Lipinski definition) is 1. The van der Waals surface area contributed by atoms with E-state index in [0.29, 0.717) is 23.1 Å². The molecule has 0 spiro atoms. The number of carbonyl (C=O) groups excluding carboxylic acids is 1. The Hall–Kier alpha value is -3.42. The molecule has 0 saturated carbocycles. The number of nitrogens with one attached hydrogen (secondary N) is 1. The third-order valence-electron chi connectivity index (χ3n) is 4.52. The summed E-state index contributed by atoms with van der Waals surface area (Å²) in [5.74, 6) is -0.717. The van der Waals surface area contributed by atoms with Gasteiger partial charge in [0.2, 0.25) is 5.91 Å². The molecule has 27 heavy (non-hydrogen) atoms. The zero-order valence-corrected chi connectivity index (χ0v) is 14.6. The van der Waals surface area contributed by atoms with Crippen molar-refractivity contribution in [1.82, 2.24) is 19.5 Å². The van der Waals surface area contributed by atoms with Gasteiger partial charge in [-0.3, -0.25) is 14.0 Å². The van der Waals surface area contributed by atoms with Crippen LogP contribution in [0.25, 0.3) is 16.6 Å². The van der Waals surface area contributed by atoms with Crippen molar-refractivity contribution in [3.63, 3.8) is 0 Å². The molecule has 0 aliphatic heterocycles. The maximum Gasteiger partial charge on any atom is 0.291 e. The summed E-state index contributed by atoms with van der Waals surface area (Å²) in [6.45, 7) is 1.97. The number of halogens is 1. The molecule has 4 rings (SSSR count). The van der Waals surface area contributed by atoms with E-state index in [2.05, 4.69) is 10.4 Å². The van der Waals surface area contributed by atoms with E-state index in [0.717, 1.165) is 5.52 Å². The third kappa shape index (κ3) is 2.99. The standard InChI is InChI=1S/C19H17FN4O3/c1-2-14(18(25)21-10-12-4-3-5-13(20)8-12)24-19(26)16-9-17-15(6-7-27-17)23(16)11-22-24/h3-9,11,14H,2,10H2,1H3,(H,21,25)/t14-/m1/s1. The van der Waals surface area contributed by atoms with Gasteiger partial charge in [-0.1, -0.05) is 19.1 Å². The van der Waals surface area contributed by atoms with Gasteiger partial charge in [-0.2, -0.15) is 5.10 Å². The predicted molar refractivity (Wildman–Crippen MR) is 96.8 cm³/mol. The van der Waals surface area contributed by atoms with Crippen LogP contribution < -0.4 is 10.9 Å². The minimum atomic E-state index is -0.766. The van der Waals surface area contributed by atoms with Gasteiger partial charge in [0.25, 0.3) is 5.56 Å². The molecule has 1 N–H and O–H groups in total. The lowest BCUT2D eigenvalue weighted by molar-refractivity contribution is -0.125. The number of benzene rings is 1. The molecule has 0 aliphatic rings. The van der Waals surface area contributed by atoms with E-state index in [1.807, 2.05) is 0 Å². The van der Waals surface area contributed by atoms with Crippen molar-refractivity contribution in [2.24, 2.45) is 0 Å². The van der Waals surface area contributed by atoms with E-state index in [9.17, 15) is 14.0 Å². The first-order chi connectivity index (χ1) is 13.1. The summed E-state index contributed by atoms with van der Waals surface area (Å²) < 4.78 is 21.4. The zero-order valence-electron chi connectivity index (χ0n) is 14.6.